The first kappa shape index (κ1) is 13.2. The van der Waals surface area contributed by atoms with Gasteiger partial charge < -0.3 is 10.2 Å². The summed E-state index contributed by atoms with van der Waals surface area (Å²) in [5.41, 5.74) is -0.118. The zero-order chi connectivity index (χ0) is 13.3. The van der Waals surface area contributed by atoms with Crippen LogP contribution in [-0.2, 0) is 0 Å². The third kappa shape index (κ3) is 2.62. The lowest BCUT2D eigenvalue weighted by molar-refractivity contribution is -0.386. The molecule has 1 aliphatic rings. The second-order valence-corrected chi connectivity index (χ2v) is 5.23. The first-order valence-electron chi connectivity index (χ1n) is 5.61. The molecule has 18 heavy (non-hydrogen) atoms. The van der Waals surface area contributed by atoms with Crippen molar-refractivity contribution in [3.05, 3.63) is 32.5 Å². The molecule has 98 valence electrons. The summed E-state index contributed by atoms with van der Waals surface area (Å²) in [5.74, 6) is -0.810. The Labute approximate surface area is 112 Å². The first-order chi connectivity index (χ1) is 8.49. The molecule has 1 atom stereocenters. The maximum atomic E-state index is 13.7. The minimum Gasteiger partial charge on any atom is -0.363 e. The van der Waals surface area contributed by atoms with Gasteiger partial charge in [0.15, 0.2) is 0 Å². The van der Waals surface area contributed by atoms with Gasteiger partial charge in [-0.3, -0.25) is 10.1 Å². The molecular formula is C11H13BrFN3O2. The van der Waals surface area contributed by atoms with Crippen LogP contribution < -0.4 is 10.2 Å². The van der Waals surface area contributed by atoms with E-state index in [0.717, 1.165) is 12.6 Å². The van der Waals surface area contributed by atoms with Crippen LogP contribution in [0.25, 0.3) is 0 Å². The van der Waals surface area contributed by atoms with Gasteiger partial charge in [0.05, 0.1) is 4.92 Å². The third-order valence-corrected chi connectivity index (χ3v) is 3.36. The van der Waals surface area contributed by atoms with E-state index in [1.54, 1.807) is 6.07 Å². The number of nitrogens with zero attached hydrogens (tertiary/aromatic N) is 2. The molecular weight excluding hydrogens is 305 g/mol. The summed E-state index contributed by atoms with van der Waals surface area (Å²) in [7, 11) is 0. The average molecular weight is 318 g/mol. The van der Waals surface area contributed by atoms with Gasteiger partial charge in [-0.25, -0.2) is 0 Å². The van der Waals surface area contributed by atoms with E-state index in [2.05, 4.69) is 21.2 Å². The standard InChI is InChI=1S/C11H13BrFN3O2/c1-7-6-15(3-2-14-7)10-5-8(12)4-9(13)11(10)16(17)18/h4-5,7,14H,2-3,6H2,1H3/t7-/m1/s1. The smallest absolute Gasteiger partial charge is 0.327 e. The van der Waals surface area contributed by atoms with Gasteiger partial charge in [-0.1, -0.05) is 15.9 Å². The molecule has 0 aliphatic carbocycles. The fourth-order valence-corrected chi connectivity index (χ4v) is 2.54. The number of benzene rings is 1. The Hall–Kier alpha value is -1.21. The summed E-state index contributed by atoms with van der Waals surface area (Å²) in [4.78, 5) is 12.2. The van der Waals surface area contributed by atoms with Crippen molar-refractivity contribution in [1.29, 1.82) is 0 Å². The van der Waals surface area contributed by atoms with E-state index in [0.29, 0.717) is 23.2 Å². The Balaban J connectivity index is 2.44. The van der Waals surface area contributed by atoms with Gasteiger partial charge >= 0.3 is 5.69 Å². The van der Waals surface area contributed by atoms with Crippen molar-refractivity contribution < 1.29 is 9.31 Å². The molecule has 7 heteroatoms. The fourth-order valence-electron chi connectivity index (χ4n) is 2.13. The molecule has 0 unspecified atom stereocenters. The number of nitro benzene ring substituents is 1. The number of nitro groups is 1. The molecule has 0 amide bonds. The summed E-state index contributed by atoms with van der Waals surface area (Å²) >= 11 is 3.17. The summed E-state index contributed by atoms with van der Waals surface area (Å²) in [6.07, 6.45) is 0. The lowest BCUT2D eigenvalue weighted by Crippen LogP contribution is -2.49. The monoisotopic (exact) mass is 317 g/mol. The van der Waals surface area contributed by atoms with Crippen molar-refractivity contribution in [1.82, 2.24) is 5.32 Å². The maximum absolute atomic E-state index is 13.7. The number of rotatable bonds is 2. The first-order valence-corrected chi connectivity index (χ1v) is 6.40. The predicted octanol–water partition coefficient (Wildman–Crippen LogP) is 2.29. The van der Waals surface area contributed by atoms with Crippen molar-refractivity contribution in [2.24, 2.45) is 0 Å². The quantitative estimate of drug-likeness (QED) is 0.671. The van der Waals surface area contributed by atoms with Crippen LogP contribution in [0.15, 0.2) is 16.6 Å². The van der Waals surface area contributed by atoms with E-state index in [9.17, 15) is 14.5 Å². The molecule has 0 radical (unpaired) electrons. The second kappa shape index (κ2) is 5.19. The van der Waals surface area contributed by atoms with Crippen LogP contribution in [-0.4, -0.2) is 30.6 Å². The molecule has 1 heterocycles. The fraction of sp³-hybridized carbons (Fsp3) is 0.455. The largest absolute Gasteiger partial charge is 0.363 e. The average Bonchev–Trinajstić information content (AvgIpc) is 2.27. The van der Waals surface area contributed by atoms with Crippen molar-refractivity contribution in [2.75, 3.05) is 24.5 Å². The number of piperazine rings is 1. The van der Waals surface area contributed by atoms with Gasteiger partial charge in [0.1, 0.15) is 5.69 Å². The summed E-state index contributed by atoms with van der Waals surface area (Å²) in [5, 5.41) is 14.2. The Morgan fingerprint density at radius 2 is 2.33 bits per heavy atom. The molecule has 1 aromatic carbocycles. The molecule has 1 saturated heterocycles. The second-order valence-electron chi connectivity index (χ2n) is 4.31. The van der Waals surface area contributed by atoms with Gasteiger partial charge in [-0.2, -0.15) is 4.39 Å². The van der Waals surface area contributed by atoms with E-state index >= 15 is 0 Å². The molecule has 5 nitrogen and oxygen atoms in total. The highest BCUT2D eigenvalue weighted by Crippen LogP contribution is 2.34. The van der Waals surface area contributed by atoms with Crippen LogP contribution in [0.3, 0.4) is 0 Å². The summed E-state index contributed by atoms with van der Waals surface area (Å²) in [6, 6.07) is 2.94. The number of anilines is 1. The predicted molar refractivity (Wildman–Crippen MR) is 70.4 cm³/mol. The lowest BCUT2D eigenvalue weighted by Gasteiger charge is -2.33. The SMILES string of the molecule is C[C@@H]1CN(c2cc(Br)cc(F)c2[N+](=O)[O-])CCN1. The van der Waals surface area contributed by atoms with Gasteiger partial charge in [0.25, 0.3) is 0 Å². The zero-order valence-electron chi connectivity index (χ0n) is 9.82. The van der Waals surface area contributed by atoms with Crippen LogP contribution in [0.1, 0.15) is 6.92 Å². The van der Waals surface area contributed by atoms with Crippen LogP contribution in [0.5, 0.6) is 0 Å². The van der Waals surface area contributed by atoms with Gasteiger partial charge in [0.2, 0.25) is 5.82 Å². The Kier molecular flexibility index (Phi) is 3.82. The normalized spacial score (nSPS) is 19.9. The number of hydrogen-bond acceptors (Lipinski definition) is 4. The molecule has 0 spiro atoms. The molecule has 2 rings (SSSR count). The number of halogens is 2. The molecule has 0 aromatic heterocycles. The van der Waals surface area contributed by atoms with E-state index in [1.807, 2.05) is 11.8 Å². The van der Waals surface area contributed by atoms with Gasteiger partial charge in [-0.15, -0.1) is 0 Å². The Morgan fingerprint density at radius 3 is 2.94 bits per heavy atom. The minimum atomic E-state index is -0.810. The Morgan fingerprint density at radius 1 is 1.61 bits per heavy atom. The van der Waals surface area contributed by atoms with Crippen molar-refractivity contribution >= 4 is 27.3 Å². The third-order valence-electron chi connectivity index (χ3n) is 2.90. The van der Waals surface area contributed by atoms with Crippen LogP contribution in [0.2, 0.25) is 0 Å². The van der Waals surface area contributed by atoms with Crippen molar-refractivity contribution in [3.63, 3.8) is 0 Å². The topological polar surface area (TPSA) is 58.4 Å². The van der Waals surface area contributed by atoms with E-state index in [-0.39, 0.29) is 6.04 Å². The highest BCUT2D eigenvalue weighted by Gasteiger charge is 2.27. The summed E-state index contributed by atoms with van der Waals surface area (Å²) in [6.45, 7) is 3.97. The van der Waals surface area contributed by atoms with Crippen molar-refractivity contribution in [2.45, 2.75) is 13.0 Å². The van der Waals surface area contributed by atoms with E-state index in [4.69, 9.17) is 0 Å². The van der Waals surface area contributed by atoms with E-state index in [1.165, 1.54) is 0 Å². The number of nitrogens with one attached hydrogen (secondary N) is 1. The number of hydrogen-bond donors (Lipinski definition) is 1. The highest BCUT2D eigenvalue weighted by atomic mass is 79.9. The van der Waals surface area contributed by atoms with Gasteiger partial charge in [0, 0.05) is 30.1 Å². The van der Waals surface area contributed by atoms with Crippen LogP contribution in [0.4, 0.5) is 15.8 Å². The molecule has 1 aromatic rings. The minimum absolute atomic E-state index is 0.223. The molecule has 0 bridgehead atoms. The Bertz CT molecular complexity index is 484. The highest BCUT2D eigenvalue weighted by molar-refractivity contribution is 9.10. The van der Waals surface area contributed by atoms with Crippen LogP contribution in [0, 0.1) is 15.9 Å². The van der Waals surface area contributed by atoms with Gasteiger partial charge in [-0.05, 0) is 19.1 Å². The molecule has 1 fully saturated rings. The lowest BCUT2D eigenvalue weighted by atomic mass is 10.1. The zero-order valence-corrected chi connectivity index (χ0v) is 11.4. The molecule has 1 aliphatic heterocycles. The van der Waals surface area contributed by atoms with Crippen LogP contribution >= 0.6 is 15.9 Å². The summed E-state index contributed by atoms with van der Waals surface area (Å²) < 4.78 is 14.2. The maximum Gasteiger partial charge on any atom is 0.327 e. The molecule has 0 saturated carbocycles. The van der Waals surface area contributed by atoms with Crippen molar-refractivity contribution in [3.8, 4) is 0 Å². The molecule has 1 N–H and O–H groups in total. The van der Waals surface area contributed by atoms with E-state index < -0.39 is 16.4 Å².